The molecule has 0 saturated heterocycles. The highest BCUT2D eigenvalue weighted by molar-refractivity contribution is 5.87. The van der Waals surface area contributed by atoms with Crippen LogP contribution in [0.5, 0.6) is 0 Å². The molecule has 0 aliphatic carbocycles. The van der Waals surface area contributed by atoms with Crippen LogP contribution in [-0.2, 0) is 6.42 Å². The number of aryl methyl sites for hydroxylation is 1. The molecule has 0 aromatic heterocycles. The van der Waals surface area contributed by atoms with E-state index in [0.717, 1.165) is 49.1 Å². The van der Waals surface area contributed by atoms with Crippen molar-refractivity contribution in [2.45, 2.75) is 26.2 Å². The lowest BCUT2D eigenvalue weighted by Gasteiger charge is -2.08. The predicted octanol–water partition coefficient (Wildman–Crippen LogP) is 7.94. The average molecular weight is 450 g/mol. The lowest BCUT2D eigenvalue weighted by molar-refractivity contribution is 0.511. The molecule has 0 aliphatic rings. The molecule has 0 bridgehead atoms. The molecule has 33 heavy (non-hydrogen) atoms. The first-order valence-corrected chi connectivity index (χ1v) is 10.5. The summed E-state index contributed by atoms with van der Waals surface area (Å²) in [7, 11) is 0. The average Bonchev–Trinajstić information content (AvgIpc) is 2.77. The zero-order valence-corrected chi connectivity index (χ0v) is 17.8. The molecule has 0 unspecified atom stereocenters. The number of rotatable bonds is 4. The number of fused-ring (bicyclic) bond motifs is 1. The van der Waals surface area contributed by atoms with Gasteiger partial charge in [-0.1, -0.05) is 43.4 Å². The quantitative estimate of drug-likeness (QED) is 0.219. The molecule has 0 saturated carbocycles. The zero-order chi connectivity index (χ0) is 23.5. The van der Waals surface area contributed by atoms with Crippen molar-refractivity contribution in [1.29, 1.82) is 0 Å². The third-order valence-electron chi connectivity index (χ3n) is 5.40. The molecule has 0 fully saturated rings. The summed E-state index contributed by atoms with van der Waals surface area (Å²) < 4.78 is 70.9. The fourth-order valence-electron chi connectivity index (χ4n) is 3.65. The topological polar surface area (TPSA) is 0 Å². The summed E-state index contributed by atoms with van der Waals surface area (Å²) in [6, 6.07) is 13.2. The Labute approximate surface area is 188 Å². The van der Waals surface area contributed by atoms with Gasteiger partial charge in [0, 0.05) is 5.56 Å². The van der Waals surface area contributed by atoms with Gasteiger partial charge in [0.1, 0.15) is 17.5 Å². The van der Waals surface area contributed by atoms with E-state index in [2.05, 4.69) is 18.8 Å². The van der Waals surface area contributed by atoms with E-state index in [1.807, 2.05) is 0 Å². The molecule has 0 nitrogen and oxygen atoms in total. The number of unbranched alkanes of at least 4 members (excludes halogenated alkanes) is 1. The van der Waals surface area contributed by atoms with Gasteiger partial charge in [-0.3, -0.25) is 0 Å². The highest BCUT2D eigenvalue weighted by Gasteiger charge is 2.14. The number of benzene rings is 4. The molecule has 4 aromatic carbocycles. The van der Waals surface area contributed by atoms with Gasteiger partial charge in [-0.25, -0.2) is 22.0 Å². The van der Waals surface area contributed by atoms with Crippen molar-refractivity contribution in [3.63, 3.8) is 0 Å². The maximum atomic E-state index is 14.8. The molecule has 0 atom stereocenters. The summed E-state index contributed by atoms with van der Waals surface area (Å²) >= 11 is 0. The fourth-order valence-corrected chi connectivity index (χ4v) is 3.65. The van der Waals surface area contributed by atoms with Crippen LogP contribution in [0.25, 0.3) is 21.9 Å². The monoisotopic (exact) mass is 450 g/mol. The first kappa shape index (κ1) is 22.5. The van der Waals surface area contributed by atoms with Gasteiger partial charge in [0.2, 0.25) is 0 Å². The minimum absolute atomic E-state index is 0.0529. The summed E-state index contributed by atoms with van der Waals surface area (Å²) in [5, 5.41) is 0.718. The van der Waals surface area contributed by atoms with Crippen LogP contribution in [0.1, 0.15) is 36.5 Å². The van der Waals surface area contributed by atoms with E-state index in [1.165, 1.54) is 24.3 Å². The third-order valence-corrected chi connectivity index (χ3v) is 5.40. The minimum Gasteiger partial charge on any atom is -0.206 e. The van der Waals surface area contributed by atoms with Crippen LogP contribution in [0.2, 0.25) is 0 Å². The van der Waals surface area contributed by atoms with E-state index in [0.29, 0.717) is 10.8 Å². The Morgan fingerprint density at radius 2 is 1.33 bits per heavy atom. The third kappa shape index (κ3) is 4.90. The minimum atomic E-state index is -1.04. The van der Waals surface area contributed by atoms with Crippen molar-refractivity contribution in [3.05, 3.63) is 106 Å². The Morgan fingerprint density at radius 1 is 0.636 bits per heavy atom. The summed E-state index contributed by atoms with van der Waals surface area (Å²) in [4.78, 5) is 0. The smallest absolute Gasteiger partial charge is 0.159 e. The Balaban J connectivity index is 1.65. The Hall–Kier alpha value is -3.65. The maximum Gasteiger partial charge on any atom is 0.159 e. The molecule has 0 N–H and O–H groups in total. The standard InChI is InChI=1S/C28H19F5/c1-2-3-4-17-5-7-19(23(29)11-17)8-6-18-12-26(32)28(27(33)13-18)21-10-9-20-15-24(30)25(31)16-22(20)14-21/h5,7,9-16H,2-4H2,1H3. The van der Waals surface area contributed by atoms with Gasteiger partial charge in [0.25, 0.3) is 0 Å². The molecule has 4 rings (SSSR count). The molecule has 0 spiro atoms. The Bertz CT molecular complexity index is 1390. The van der Waals surface area contributed by atoms with Crippen LogP contribution in [0.15, 0.2) is 60.7 Å². The maximum absolute atomic E-state index is 14.8. The molecule has 166 valence electrons. The van der Waals surface area contributed by atoms with Crippen LogP contribution in [-0.4, -0.2) is 0 Å². The first-order chi connectivity index (χ1) is 15.9. The van der Waals surface area contributed by atoms with E-state index < -0.39 is 29.1 Å². The van der Waals surface area contributed by atoms with Gasteiger partial charge < -0.3 is 0 Å². The van der Waals surface area contributed by atoms with Crippen LogP contribution >= 0.6 is 0 Å². The van der Waals surface area contributed by atoms with Crippen LogP contribution in [0.4, 0.5) is 22.0 Å². The number of hydrogen-bond donors (Lipinski definition) is 0. The van der Waals surface area contributed by atoms with Crippen molar-refractivity contribution in [3.8, 4) is 23.0 Å². The summed E-state index contributed by atoms with van der Waals surface area (Å²) in [5.74, 6) is 0.984. The second kappa shape index (κ2) is 9.46. The van der Waals surface area contributed by atoms with Crippen molar-refractivity contribution in [2.75, 3.05) is 0 Å². The Morgan fingerprint density at radius 3 is 2.00 bits per heavy atom. The highest BCUT2D eigenvalue weighted by atomic mass is 19.2. The van der Waals surface area contributed by atoms with Crippen LogP contribution in [0.3, 0.4) is 0 Å². The van der Waals surface area contributed by atoms with Crippen LogP contribution in [0, 0.1) is 40.9 Å². The van der Waals surface area contributed by atoms with E-state index in [1.54, 1.807) is 12.1 Å². The highest BCUT2D eigenvalue weighted by Crippen LogP contribution is 2.30. The number of halogens is 5. The van der Waals surface area contributed by atoms with Crippen molar-refractivity contribution < 1.29 is 22.0 Å². The molecule has 5 heteroatoms. The molecule has 0 heterocycles. The van der Waals surface area contributed by atoms with Crippen LogP contribution < -0.4 is 0 Å². The van der Waals surface area contributed by atoms with Gasteiger partial charge in [-0.2, -0.15) is 0 Å². The van der Waals surface area contributed by atoms with Gasteiger partial charge in [0.05, 0.1) is 11.1 Å². The molecule has 0 amide bonds. The largest absolute Gasteiger partial charge is 0.206 e. The molecule has 0 radical (unpaired) electrons. The molecule has 4 aromatic rings. The molecular weight excluding hydrogens is 431 g/mol. The summed E-state index contributed by atoms with van der Waals surface area (Å²) in [5.41, 5.74) is 0.941. The second-order valence-corrected chi connectivity index (χ2v) is 7.81. The van der Waals surface area contributed by atoms with Gasteiger partial charge >= 0.3 is 0 Å². The Kier molecular flexibility index (Phi) is 6.46. The lowest BCUT2D eigenvalue weighted by atomic mass is 9.99. The van der Waals surface area contributed by atoms with E-state index in [-0.39, 0.29) is 22.3 Å². The van der Waals surface area contributed by atoms with Gasteiger partial charge in [0.15, 0.2) is 11.6 Å². The van der Waals surface area contributed by atoms with E-state index >= 15 is 0 Å². The normalized spacial score (nSPS) is 10.8. The van der Waals surface area contributed by atoms with Gasteiger partial charge in [-0.05, 0) is 77.2 Å². The van der Waals surface area contributed by atoms with Crippen molar-refractivity contribution in [2.24, 2.45) is 0 Å². The summed E-state index contributed by atoms with van der Waals surface area (Å²) in [6.07, 6.45) is 2.73. The number of hydrogen-bond acceptors (Lipinski definition) is 0. The van der Waals surface area contributed by atoms with Crippen molar-refractivity contribution in [1.82, 2.24) is 0 Å². The lowest BCUT2D eigenvalue weighted by Crippen LogP contribution is -1.94. The van der Waals surface area contributed by atoms with Crippen molar-refractivity contribution >= 4 is 10.8 Å². The van der Waals surface area contributed by atoms with E-state index in [9.17, 15) is 22.0 Å². The fraction of sp³-hybridized carbons (Fsp3) is 0.143. The van der Waals surface area contributed by atoms with Gasteiger partial charge in [-0.15, -0.1) is 0 Å². The second-order valence-electron chi connectivity index (χ2n) is 7.81. The zero-order valence-electron chi connectivity index (χ0n) is 17.8. The molecular formula is C28H19F5. The summed E-state index contributed by atoms with van der Waals surface area (Å²) in [6.45, 7) is 2.06. The molecule has 0 aliphatic heterocycles. The SMILES string of the molecule is CCCCc1ccc(C#Cc2cc(F)c(-c3ccc4cc(F)c(F)cc4c3)c(F)c2)c(F)c1. The first-order valence-electron chi connectivity index (χ1n) is 10.5. The van der Waals surface area contributed by atoms with E-state index in [4.69, 9.17) is 0 Å². The predicted molar refractivity (Wildman–Crippen MR) is 120 cm³/mol.